The molecule has 9 nitrogen and oxygen atoms in total. The number of likely N-dealkylation sites (tertiary alicyclic amines) is 1. The number of nitrogen functional groups attached to an aromatic ring is 1. The van der Waals surface area contributed by atoms with Gasteiger partial charge in [0.05, 0.1) is 0 Å². The minimum Gasteiger partial charge on any atom is -0.384 e. The number of anilines is 2. The first-order valence-electron chi connectivity index (χ1n) is 10.1. The summed E-state index contributed by atoms with van der Waals surface area (Å²) in [4.78, 5) is 17.3. The number of benzene rings is 1. The molecule has 0 radical (unpaired) electrons. The molecule has 0 spiro atoms. The number of ether oxygens (including phenoxy) is 1. The molecule has 170 valence electrons. The van der Waals surface area contributed by atoms with Gasteiger partial charge in [0, 0.05) is 55.4 Å². The molecule has 2 saturated heterocycles. The number of hydrogen-bond donors (Lipinski definition) is 4. The van der Waals surface area contributed by atoms with Crippen molar-refractivity contribution in [2.24, 2.45) is 0 Å². The van der Waals surface area contributed by atoms with E-state index in [-0.39, 0.29) is 12.4 Å². The quantitative estimate of drug-likeness (QED) is 0.547. The molecule has 1 aromatic carbocycles. The summed E-state index contributed by atoms with van der Waals surface area (Å²) >= 11 is 0. The number of nitrogens with two attached hydrogens (primary N) is 1. The predicted octanol–water partition coefficient (Wildman–Crippen LogP) is 1.44. The van der Waals surface area contributed by atoms with Gasteiger partial charge in [-0.1, -0.05) is 18.2 Å². The van der Waals surface area contributed by atoms with Crippen LogP contribution < -0.4 is 16.7 Å². The number of hydrogen-bond acceptors (Lipinski definition) is 8. The van der Waals surface area contributed by atoms with E-state index in [4.69, 9.17) is 15.9 Å². The van der Waals surface area contributed by atoms with Crippen LogP contribution in [-0.4, -0.2) is 63.0 Å². The number of halogens is 2. The fraction of sp³-hybridized carbons (Fsp3) is 0.381. The summed E-state index contributed by atoms with van der Waals surface area (Å²) in [6.07, 6.45) is -2.07. The van der Waals surface area contributed by atoms with Gasteiger partial charge in [0.15, 0.2) is 0 Å². The molecule has 0 bridgehead atoms. The normalized spacial score (nSPS) is 27.0. The lowest BCUT2D eigenvalue weighted by atomic mass is 10.0. The Morgan fingerprint density at radius 3 is 2.81 bits per heavy atom. The molecule has 11 heteroatoms. The maximum atomic E-state index is 14.8. The Hall–Kier alpha value is -3.15. The first-order valence-corrected chi connectivity index (χ1v) is 10.1. The fourth-order valence-electron chi connectivity index (χ4n) is 3.82. The smallest absolute Gasteiger partial charge is 0.351 e. The maximum Gasteiger partial charge on any atom is 0.351 e. The number of alkyl halides is 2. The fourth-order valence-corrected chi connectivity index (χ4v) is 3.82. The van der Waals surface area contributed by atoms with Gasteiger partial charge < -0.3 is 26.3 Å². The minimum atomic E-state index is -3.69. The number of nitrogens with zero attached hydrogens (tertiary/aromatic N) is 3. The van der Waals surface area contributed by atoms with Gasteiger partial charge >= 0.3 is 11.6 Å². The van der Waals surface area contributed by atoms with Crippen molar-refractivity contribution < 1.29 is 18.6 Å². The van der Waals surface area contributed by atoms with Crippen molar-refractivity contribution in [3.05, 3.63) is 64.9 Å². The van der Waals surface area contributed by atoms with Crippen LogP contribution >= 0.6 is 0 Å². The number of nitrogens with one attached hydrogen (secondary N) is 2. The van der Waals surface area contributed by atoms with E-state index >= 15 is 0 Å². The zero-order valence-electron chi connectivity index (χ0n) is 17.1. The number of para-hydroxylation sites is 1. The highest BCUT2D eigenvalue weighted by molar-refractivity contribution is 5.99. The second-order valence-electron chi connectivity index (χ2n) is 7.83. The number of piperidine rings is 1. The first kappa shape index (κ1) is 22.1. The second-order valence-corrected chi connectivity index (χ2v) is 7.83. The summed E-state index contributed by atoms with van der Waals surface area (Å²) in [6.45, 7) is 0.818. The van der Waals surface area contributed by atoms with Crippen LogP contribution in [0.15, 0.2) is 59.2 Å². The van der Waals surface area contributed by atoms with Gasteiger partial charge in [-0.05, 0) is 18.2 Å². The molecule has 2 aliphatic heterocycles. The Balaban J connectivity index is 1.46. The third kappa shape index (κ3) is 4.40. The lowest BCUT2D eigenvalue weighted by Gasteiger charge is -2.31. The number of aromatic nitrogens is 2. The molecular weight excluding hydrogens is 422 g/mol. The van der Waals surface area contributed by atoms with Gasteiger partial charge in [0.1, 0.15) is 18.0 Å². The Bertz CT molecular complexity index is 1070. The largest absolute Gasteiger partial charge is 0.384 e. The Morgan fingerprint density at radius 1 is 1.34 bits per heavy atom. The van der Waals surface area contributed by atoms with E-state index in [9.17, 15) is 18.7 Å². The number of rotatable bonds is 5. The van der Waals surface area contributed by atoms with Crippen LogP contribution in [0.2, 0.25) is 0 Å². The van der Waals surface area contributed by atoms with Crippen LogP contribution in [0.1, 0.15) is 12.6 Å². The topological polar surface area (TPSA) is 129 Å². The van der Waals surface area contributed by atoms with E-state index in [2.05, 4.69) is 10.3 Å². The van der Waals surface area contributed by atoms with Gasteiger partial charge in [-0.25, -0.2) is 4.79 Å². The molecule has 3 heterocycles. The molecule has 0 saturated carbocycles. The zero-order chi connectivity index (χ0) is 22.9. The van der Waals surface area contributed by atoms with Crippen molar-refractivity contribution >= 4 is 17.2 Å². The maximum absolute atomic E-state index is 14.8. The summed E-state index contributed by atoms with van der Waals surface area (Å²) in [7, 11) is 0. The molecule has 0 unspecified atom stereocenters. The van der Waals surface area contributed by atoms with Crippen LogP contribution in [0, 0.1) is 5.41 Å². The summed E-state index contributed by atoms with van der Waals surface area (Å²) in [5, 5.41) is 21.6. The SMILES string of the molecule is N=C1CCN(C[C@H]2O[C@@H](n3ccc(N)nc3=O)C(F)(F)[C@@H]2O)C/C1=C/Nc1ccccc1. The third-order valence-corrected chi connectivity index (χ3v) is 5.57. The Labute approximate surface area is 182 Å². The molecule has 2 aliphatic rings. The first-order chi connectivity index (χ1) is 15.3. The standard InChI is InChI=1S/C21H24F2N6O3/c22-21(23)18(30)16(32-19(21)29-9-7-17(25)27-20(29)31)12-28-8-6-15(24)13(11-28)10-26-14-4-2-1-3-5-14/h1-5,7,9-10,16,18-19,24,26,30H,6,8,11-12H2,(H2,25,27,31)/b13-10-,24-15?/t16-,18-,19-/m1/s1. The highest BCUT2D eigenvalue weighted by atomic mass is 19.3. The van der Waals surface area contributed by atoms with Gasteiger partial charge in [-0.2, -0.15) is 13.8 Å². The van der Waals surface area contributed by atoms with E-state index in [0.717, 1.165) is 17.5 Å². The monoisotopic (exact) mass is 446 g/mol. The van der Waals surface area contributed by atoms with Crippen molar-refractivity contribution in [1.82, 2.24) is 14.5 Å². The molecule has 0 aliphatic carbocycles. The molecule has 1 aromatic heterocycles. The van der Waals surface area contributed by atoms with Crippen LogP contribution in [0.3, 0.4) is 0 Å². The second kappa shape index (κ2) is 8.77. The van der Waals surface area contributed by atoms with E-state index in [1.54, 1.807) is 6.20 Å². The molecule has 32 heavy (non-hydrogen) atoms. The molecule has 3 atom stereocenters. The zero-order valence-corrected chi connectivity index (χ0v) is 17.1. The lowest BCUT2D eigenvalue weighted by Crippen LogP contribution is -2.46. The van der Waals surface area contributed by atoms with Crippen molar-refractivity contribution in [3.8, 4) is 0 Å². The van der Waals surface area contributed by atoms with E-state index < -0.39 is 30.0 Å². The van der Waals surface area contributed by atoms with Gasteiger partial charge in [0.25, 0.3) is 0 Å². The summed E-state index contributed by atoms with van der Waals surface area (Å²) in [5.74, 6) is -3.79. The Morgan fingerprint density at radius 2 is 2.09 bits per heavy atom. The average Bonchev–Trinajstić information content (AvgIpc) is 2.98. The molecule has 5 N–H and O–H groups in total. The van der Waals surface area contributed by atoms with Gasteiger partial charge in [-0.3, -0.25) is 9.47 Å². The van der Waals surface area contributed by atoms with Crippen molar-refractivity contribution in [2.75, 3.05) is 30.7 Å². The average molecular weight is 446 g/mol. The number of aliphatic hydroxyl groups is 1. The van der Waals surface area contributed by atoms with E-state index in [0.29, 0.717) is 29.8 Å². The highest BCUT2D eigenvalue weighted by Gasteiger charge is 2.59. The van der Waals surface area contributed by atoms with Crippen LogP contribution in [0.4, 0.5) is 20.3 Å². The van der Waals surface area contributed by atoms with Crippen molar-refractivity contribution in [1.29, 1.82) is 5.41 Å². The Kier molecular flexibility index (Phi) is 6.04. The molecule has 0 amide bonds. The predicted molar refractivity (Wildman–Crippen MR) is 115 cm³/mol. The van der Waals surface area contributed by atoms with Crippen molar-refractivity contribution in [2.45, 2.75) is 30.8 Å². The minimum absolute atomic E-state index is 0.0143. The molecule has 2 aromatic rings. The summed E-state index contributed by atoms with van der Waals surface area (Å²) in [6, 6.07) is 10.7. The molecular formula is C21H24F2N6O3. The summed E-state index contributed by atoms with van der Waals surface area (Å²) in [5.41, 5.74) is 6.48. The van der Waals surface area contributed by atoms with Crippen molar-refractivity contribution in [3.63, 3.8) is 0 Å². The van der Waals surface area contributed by atoms with Crippen LogP contribution in [-0.2, 0) is 4.74 Å². The molecule has 2 fully saturated rings. The lowest BCUT2D eigenvalue weighted by molar-refractivity contribution is -0.140. The van der Waals surface area contributed by atoms with E-state index in [1.165, 1.54) is 6.07 Å². The third-order valence-electron chi connectivity index (χ3n) is 5.57. The molecule has 4 rings (SSSR count). The van der Waals surface area contributed by atoms with E-state index in [1.807, 2.05) is 35.2 Å². The highest BCUT2D eigenvalue weighted by Crippen LogP contribution is 2.42. The van der Waals surface area contributed by atoms with Crippen LogP contribution in [0.5, 0.6) is 0 Å². The summed E-state index contributed by atoms with van der Waals surface area (Å²) < 4.78 is 35.6. The van der Waals surface area contributed by atoms with Crippen LogP contribution in [0.25, 0.3) is 0 Å². The number of aliphatic hydroxyl groups excluding tert-OH is 1. The van der Waals surface area contributed by atoms with Gasteiger partial charge in [-0.15, -0.1) is 0 Å². The van der Waals surface area contributed by atoms with Gasteiger partial charge in [0.2, 0.25) is 6.23 Å².